The molecule has 0 aliphatic heterocycles. The molecule has 2 amide bonds. The maximum Gasteiger partial charge on any atom is 0.224 e. The lowest BCUT2D eigenvalue weighted by Gasteiger charge is -2.30. The first kappa shape index (κ1) is 22.3. The Balaban J connectivity index is 3.17. The number of hydrogen-bond acceptors (Lipinski definition) is 7. The van der Waals surface area contributed by atoms with Crippen molar-refractivity contribution in [1.82, 2.24) is 5.32 Å². The van der Waals surface area contributed by atoms with Crippen molar-refractivity contribution in [3.63, 3.8) is 0 Å². The van der Waals surface area contributed by atoms with Gasteiger partial charge in [0.15, 0.2) is 11.5 Å². The molecule has 1 aromatic rings. The number of nitrogens with two attached hydrogens (primary N) is 2. The standard InChI is InChI=1S/C30H53N3O6/c1-19(2)22(14-21-10-11-26(38-8)27(15-21)39-13-9-12-37-7)16-24(31)25(34)17-23(20(3)4)28(35)33-18-30(5,6)29(32)36/h10-11,15,19-20,22-25,34H,9,12-14,16-18,31H2,1-8H3,(H2,32,36)(H,33,35)/t22-,23-,24-,25-/m0/s1/i7D3,9D2,12D2,13D2. The zero-order valence-corrected chi connectivity index (χ0v) is 24.2. The highest BCUT2D eigenvalue weighted by atomic mass is 16.5. The van der Waals surface area contributed by atoms with E-state index in [0.717, 1.165) is 0 Å². The quantitative estimate of drug-likeness (QED) is 0.203. The van der Waals surface area contributed by atoms with Gasteiger partial charge in [-0.05, 0) is 68.6 Å². The Labute approximate surface area is 248 Å². The van der Waals surface area contributed by atoms with Crippen LogP contribution in [0.3, 0.4) is 0 Å². The number of hydrogen-bond donors (Lipinski definition) is 4. The first-order chi connectivity index (χ1) is 21.6. The van der Waals surface area contributed by atoms with Crippen LogP contribution >= 0.6 is 0 Å². The number of ether oxygens (including phenoxy) is 3. The highest BCUT2D eigenvalue weighted by Gasteiger charge is 2.32. The van der Waals surface area contributed by atoms with Crippen LogP contribution in [-0.4, -0.2) is 62.9 Å². The summed E-state index contributed by atoms with van der Waals surface area (Å²) >= 11 is 0. The summed E-state index contributed by atoms with van der Waals surface area (Å²) in [6.07, 6.45) is -3.83. The van der Waals surface area contributed by atoms with Gasteiger partial charge in [0.25, 0.3) is 0 Å². The van der Waals surface area contributed by atoms with E-state index in [1.54, 1.807) is 19.9 Å². The molecule has 0 aliphatic carbocycles. The third-order valence-corrected chi connectivity index (χ3v) is 7.06. The van der Waals surface area contributed by atoms with Gasteiger partial charge in [0.2, 0.25) is 11.8 Å². The van der Waals surface area contributed by atoms with Gasteiger partial charge in [-0.2, -0.15) is 0 Å². The Morgan fingerprint density at radius 1 is 1.13 bits per heavy atom. The van der Waals surface area contributed by atoms with Crippen LogP contribution in [0.4, 0.5) is 0 Å². The molecule has 0 bridgehead atoms. The first-order valence-electron chi connectivity index (χ1n) is 17.7. The number of carbonyl (C=O) groups excluding carboxylic acids is 2. The topological polar surface area (TPSA) is 146 Å². The van der Waals surface area contributed by atoms with Crippen molar-refractivity contribution in [2.45, 2.75) is 79.3 Å². The van der Waals surface area contributed by atoms with Crippen molar-refractivity contribution in [2.24, 2.45) is 40.6 Å². The average Bonchev–Trinajstić information content (AvgIpc) is 2.92. The summed E-state index contributed by atoms with van der Waals surface area (Å²) in [5.41, 5.74) is 11.5. The second kappa shape index (κ2) is 16.7. The number of rotatable bonds is 19. The Morgan fingerprint density at radius 3 is 2.38 bits per heavy atom. The number of amides is 2. The molecular formula is C30H53N3O6. The molecule has 0 unspecified atom stereocenters. The predicted octanol–water partition coefficient (Wildman–Crippen LogP) is 3.29. The summed E-state index contributed by atoms with van der Waals surface area (Å²) in [7, 11) is -2.07. The van der Waals surface area contributed by atoms with E-state index in [4.69, 9.17) is 33.3 Å². The van der Waals surface area contributed by atoms with Crippen LogP contribution in [0, 0.1) is 29.1 Å². The fourth-order valence-corrected chi connectivity index (χ4v) is 4.10. The largest absolute Gasteiger partial charge is 0.493 e. The van der Waals surface area contributed by atoms with Crippen molar-refractivity contribution >= 4 is 11.8 Å². The summed E-state index contributed by atoms with van der Waals surface area (Å²) < 4.78 is 84.6. The minimum atomic E-state index is -3.61. The van der Waals surface area contributed by atoms with Gasteiger partial charge >= 0.3 is 0 Å². The van der Waals surface area contributed by atoms with E-state index >= 15 is 0 Å². The molecule has 0 spiro atoms. The molecule has 9 heteroatoms. The van der Waals surface area contributed by atoms with Gasteiger partial charge in [0.05, 0.1) is 34.8 Å². The zero-order valence-electron chi connectivity index (χ0n) is 33.2. The predicted molar refractivity (Wildman–Crippen MR) is 155 cm³/mol. The highest BCUT2D eigenvalue weighted by molar-refractivity contribution is 5.83. The number of nitrogens with one attached hydrogen (secondary N) is 1. The first-order valence-corrected chi connectivity index (χ1v) is 13.2. The smallest absolute Gasteiger partial charge is 0.224 e. The third-order valence-electron chi connectivity index (χ3n) is 7.06. The molecule has 1 rings (SSSR count). The summed E-state index contributed by atoms with van der Waals surface area (Å²) in [5.74, 6) is -1.90. The van der Waals surface area contributed by atoms with Gasteiger partial charge in [0.1, 0.15) is 0 Å². The molecule has 6 N–H and O–H groups in total. The molecular weight excluding hydrogens is 498 g/mol. The van der Waals surface area contributed by atoms with Crippen LogP contribution in [0.15, 0.2) is 18.2 Å². The Bertz CT molecular complexity index is 1230. The second-order valence-corrected chi connectivity index (χ2v) is 11.2. The lowest BCUT2D eigenvalue weighted by molar-refractivity contribution is -0.130. The van der Waals surface area contributed by atoms with Gasteiger partial charge in [-0.25, -0.2) is 0 Å². The van der Waals surface area contributed by atoms with Gasteiger partial charge in [-0.15, -0.1) is 0 Å². The van der Waals surface area contributed by atoms with E-state index in [0.29, 0.717) is 18.4 Å². The minimum absolute atomic E-state index is 0.0150. The summed E-state index contributed by atoms with van der Waals surface area (Å²) in [4.78, 5) is 24.7. The van der Waals surface area contributed by atoms with Crippen LogP contribution in [0.2, 0.25) is 0 Å². The summed E-state index contributed by atoms with van der Waals surface area (Å²) in [6, 6.07) is 3.86. The SMILES string of the molecule is [2H]C([2H])([2H])OC([2H])([2H])C([2H])([2H])C([2H])([2H])Oc1cc(C[C@@H](C[C@H](N)[C@@H](O)C[C@H](C(=O)NCC(C)(C)C(N)=O)C(C)C)C(C)C)ccc1OC. The third kappa shape index (κ3) is 11.7. The number of carbonyl (C=O) groups is 2. The second-order valence-electron chi connectivity index (χ2n) is 11.2. The number of aliphatic hydroxyl groups is 1. The molecule has 9 nitrogen and oxygen atoms in total. The molecule has 39 heavy (non-hydrogen) atoms. The molecule has 0 saturated carbocycles. The molecule has 0 aliphatic rings. The molecule has 1 aromatic carbocycles. The lowest BCUT2D eigenvalue weighted by atomic mass is 9.80. The number of benzene rings is 1. The number of primary amides is 1. The van der Waals surface area contributed by atoms with Crippen molar-refractivity contribution < 1.29 is 41.2 Å². The molecule has 0 radical (unpaired) electrons. The van der Waals surface area contributed by atoms with Crippen molar-refractivity contribution in [2.75, 3.05) is 33.8 Å². The number of methoxy groups -OCH3 is 2. The molecule has 0 heterocycles. The van der Waals surface area contributed by atoms with E-state index in [9.17, 15) is 14.7 Å². The van der Waals surface area contributed by atoms with Crippen LogP contribution in [0.25, 0.3) is 0 Å². The summed E-state index contributed by atoms with van der Waals surface area (Å²) in [6.45, 7) is 3.90. The van der Waals surface area contributed by atoms with E-state index in [1.165, 1.54) is 19.2 Å². The molecule has 0 saturated heterocycles. The Kier molecular flexibility index (Phi) is 9.55. The van der Waals surface area contributed by atoms with E-state index < -0.39 is 55.9 Å². The molecule has 224 valence electrons. The monoisotopic (exact) mass is 560 g/mol. The lowest BCUT2D eigenvalue weighted by Crippen LogP contribution is -2.46. The maximum absolute atomic E-state index is 13.0. The highest BCUT2D eigenvalue weighted by Crippen LogP contribution is 2.32. The van der Waals surface area contributed by atoms with E-state index in [1.807, 2.05) is 27.7 Å². The Hall–Kier alpha value is -2.36. The minimum Gasteiger partial charge on any atom is -0.493 e. The zero-order chi connectivity index (χ0) is 37.6. The van der Waals surface area contributed by atoms with Gasteiger partial charge < -0.3 is 36.1 Å². The van der Waals surface area contributed by atoms with Crippen molar-refractivity contribution in [3.8, 4) is 11.5 Å². The molecule has 0 aromatic heterocycles. The van der Waals surface area contributed by atoms with Crippen molar-refractivity contribution in [3.05, 3.63) is 23.8 Å². The van der Waals surface area contributed by atoms with Crippen molar-refractivity contribution in [1.29, 1.82) is 0 Å². The van der Waals surface area contributed by atoms with Gasteiger partial charge in [0, 0.05) is 41.2 Å². The van der Waals surface area contributed by atoms with Gasteiger partial charge in [-0.3, -0.25) is 9.59 Å². The number of aliphatic hydroxyl groups excluding tert-OH is 1. The van der Waals surface area contributed by atoms with E-state index in [-0.39, 0.29) is 48.1 Å². The van der Waals surface area contributed by atoms with Crippen LogP contribution in [-0.2, 0) is 20.7 Å². The van der Waals surface area contributed by atoms with Gasteiger partial charge in [-0.1, -0.05) is 33.8 Å². The summed E-state index contributed by atoms with van der Waals surface area (Å²) in [5, 5.41) is 13.8. The van der Waals surface area contributed by atoms with E-state index in [2.05, 4.69) is 10.1 Å². The Morgan fingerprint density at radius 2 is 1.82 bits per heavy atom. The molecule has 4 atom stereocenters. The van der Waals surface area contributed by atoms with Crippen LogP contribution in [0.1, 0.15) is 78.7 Å². The maximum atomic E-state index is 13.0. The fraction of sp³-hybridized carbons (Fsp3) is 0.733. The normalized spacial score (nSPS) is 19.9. The van der Waals surface area contributed by atoms with Crippen LogP contribution in [0.5, 0.6) is 11.5 Å². The fourth-order valence-electron chi connectivity index (χ4n) is 4.10. The molecule has 0 fully saturated rings. The van der Waals surface area contributed by atoms with Crippen LogP contribution < -0.4 is 26.3 Å². The average molecular weight is 561 g/mol.